The Hall–Kier alpha value is -2.66. The molecule has 5 rings (SSSR count). The minimum Gasteiger partial charge on any atom is -0.493 e. The molecule has 0 radical (unpaired) electrons. The van der Waals surface area contributed by atoms with E-state index >= 15 is 0 Å². The molecule has 30 heavy (non-hydrogen) atoms. The van der Waals surface area contributed by atoms with Crippen molar-refractivity contribution < 1.29 is 18.9 Å². The van der Waals surface area contributed by atoms with Crippen molar-refractivity contribution in [1.82, 2.24) is 4.90 Å². The Morgan fingerprint density at radius 1 is 0.800 bits per heavy atom. The van der Waals surface area contributed by atoms with E-state index in [1.165, 1.54) is 52.1 Å². The third-order valence-electron chi connectivity index (χ3n) is 7.02. The predicted octanol–water partition coefficient (Wildman–Crippen LogP) is 4.86. The van der Waals surface area contributed by atoms with Crippen LogP contribution in [0.5, 0.6) is 23.0 Å². The Kier molecular flexibility index (Phi) is 4.66. The van der Waals surface area contributed by atoms with Gasteiger partial charge in [0.15, 0.2) is 23.0 Å². The van der Waals surface area contributed by atoms with Crippen LogP contribution in [0.3, 0.4) is 0 Å². The van der Waals surface area contributed by atoms with E-state index in [-0.39, 0.29) is 0 Å². The fourth-order valence-corrected chi connectivity index (χ4v) is 5.61. The first kappa shape index (κ1) is 19.3. The molecule has 3 aromatic rings. The highest BCUT2D eigenvalue weighted by atomic mass is 16.5. The third-order valence-corrected chi connectivity index (χ3v) is 7.02. The largest absolute Gasteiger partial charge is 0.493 e. The molecule has 0 spiro atoms. The summed E-state index contributed by atoms with van der Waals surface area (Å²) in [7, 11) is 6.81. The van der Waals surface area contributed by atoms with Crippen molar-refractivity contribution in [3.8, 4) is 23.0 Å². The molecule has 3 aromatic carbocycles. The molecule has 2 aliphatic heterocycles. The van der Waals surface area contributed by atoms with Crippen LogP contribution in [0.25, 0.3) is 21.5 Å². The van der Waals surface area contributed by atoms with Crippen LogP contribution in [0.4, 0.5) is 0 Å². The maximum atomic E-state index is 5.75. The van der Waals surface area contributed by atoms with Crippen LogP contribution in [0.2, 0.25) is 0 Å². The maximum absolute atomic E-state index is 5.75. The normalized spacial score (nSPS) is 18.4. The Bertz CT molecular complexity index is 1150. The van der Waals surface area contributed by atoms with E-state index in [1.807, 2.05) is 0 Å². The minimum atomic E-state index is 0.631. The lowest BCUT2D eigenvalue weighted by atomic mass is 9.83. The number of aryl methyl sites for hydroxylation is 1. The van der Waals surface area contributed by atoms with Gasteiger partial charge in [0, 0.05) is 18.2 Å². The molecular weight excluding hydrogens is 378 g/mol. The molecule has 0 N–H and O–H groups in total. The summed E-state index contributed by atoms with van der Waals surface area (Å²) in [6.07, 6.45) is 3.63. The molecule has 5 nitrogen and oxygen atoms in total. The average molecular weight is 408 g/mol. The summed E-state index contributed by atoms with van der Waals surface area (Å²) in [5.74, 6) is 3.10. The van der Waals surface area contributed by atoms with Crippen LogP contribution in [0.1, 0.15) is 29.5 Å². The average Bonchev–Trinajstić information content (AvgIpc) is 3.24. The number of fused-ring (bicyclic) bond motifs is 7. The molecule has 0 saturated carbocycles. The van der Waals surface area contributed by atoms with Crippen molar-refractivity contribution in [2.24, 2.45) is 0 Å². The van der Waals surface area contributed by atoms with Crippen LogP contribution in [-0.2, 0) is 13.0 Å². The number of nitrogens with zero attached hydrogens (tertiary/aromatic N) is 1. The number of rotatable bonds is 4. The van der Waals surface area contributed by atoms with E-state index in [1.54, 1.807) is 28.4 Å². The summed E-state index contributed by atoms with van der Waals surface area (Å²) in [6.45, 7) is 4.29. The molecule has 1 atom stereocenters. The summed E-state index contributed by atoms with van der Waals surface area (Å²) in [5, 5.41) is 4.91. The van der Waals surface area contributed by atoms with Gasteiger partial charge in [-0.1, -0.05) is 0 Å². The summed E-state index contributed by atoms with van der Waals surface area (Å²) in [4.78, 5) is 2.64. The highest BCUT2D eigenvalue weighted by Crippen LogP contribution is 2.47. The van der Waals surface area contributed by atoms with Crippen molar-refractivity contribution in [1.29, 1.82) is 0 Å². The molecular formula is C25H29NO4. The summed E-state index contributed by atoms with van der Waals surface area (Å²) < 4.78 is 22.8. The molecule has 0 bridgehead atoms. The second-order valence-corrected chi connectivity index (χ2v) is 8.34. The van der Waals surface area contributed by atoms with Gasteiger partial charge in [-0.2, -0.15) is 0 Å². The molecule has 5 heteroatoms. The monoisotopic (exact) mass is 407 g/mol. The minimum absolute atomic E-state index is 0.631. The van der Waals surface area contributed by atoms with Gasteiger partial charge in [0.1, 0.15) is 0 Å². The van der Waals surface area contributed by atoms with Crippen LogP contribution in [0.15, 0.2) is 18.2 Å². The van der Waals surface area contributed by atoms with Gasteiger partial charge in [0.05, 0.1) is 28.4 Å². The van der Waals surface area contributed by atoms with Gasteiger partial charge < -0.3 is 18.9 Å². The van der Waals surface area contributed by atoms with Crippen LogP contribution in [0, 0.1) is 6.92 Å². The lowest BCUT2D eigenvalue weighted by Crippen LogP contribution is -2.35. The lowest BCUT2D eigenvalue weighted by molar-refractivity contribution is 0.229. The fourth-order valence-electron chi connectivity index (χ4n) is 5.61. The highest BCUT2D eigenvalue weighted by molar-refractivity contribution is 6.14. The zero-order valence-corrected chi connectivity index (χ0v) is 18.4. The molecule has 2 aliphatic rings. The SMILES string of the molecule is COc1cc2c3c(c4cc(OC)c(OC)c(C)c4c2cc1OC)CC1CCCN1C3. The van der Waals surface area contributed by atoms with Crippen molar-refractivity contribution >= 4 is 21.5 Å². The lowest BCUT2D eigenvalue weighted by Gasteiger charge is -2.34. The first-order valence-electron chi connectivity index (χ1n) is 10.6. The number of hydrogen-bond acceptors (Lipinski definition) is 5. The Labute approximate surface area is 177 Å². The Morgan fingerprint density at radius 3 is 2.13 bits per heavy atom. The number of benzene rings is 3. The summed E-state index contributed by atoms with van der Waals surface area (Å²) in [6, 6.07) is 7.07. The fraction of sp³-hybridized carbons (Fsp3) is 0.440. The molecule has 0 aromatic heterocycles. The zero-order chi connectivity index (χ0) is 21.0. The molecule has 0 amide bonds. The molecule has 1 unspecified atom stereocenters. The van der Waals surface area contributed by atoms with E-state index < -0.39 is 0 Å². The quantitative estimate of drug-likeness (QED) is 0.578. The first-order chi connectivity index (χ1) is 14.6. The standard InChI is InChI=1S/C25H29NO4/c1-14-24-18-11-22(28-3)21(27-2)10-17(18)20-13-26-8-6-7-15(26)9-16(20)19(24)12-23(29-4)25(14)30-5/h10-12,15H,6-9,13H2,1-5H3. The van der Waals surface area contributed by atoms with Gasteiger partial charge in [-0.3, -0.25) is 4.90 Å². The van der Waals surface area contributed by atoms with Gasteiger partial charge in [-0.05, 0) is 83.6 Å². The van der Waals surface area contributed by atoms with Crippen molar-refractivity contribution in [3.63, 3.8) is 0 Å². The summed E-state index contributed by atoms with van der Waals surface area (Å²) in [5.41, 5.74) is 3.95. The van der Waals surface area contributed by atoms with E-state index in [4.69, 9.17) is 18.9 Å². The van der Waals surface area contributed by atoms with Crippen molar-refractivity contribution in [2.45, 2.75) is 38.8 Å². The Morgan fingerprint density at radius 2 is 1.47 bits per heavy atom. The zero-order valence-electron chi connectivity index (χ0n) is 18.4. The smallest absolute Gasteiger partial charge is 0.164 e. The van der Waals surface area contributed by atoms with Gasteiger partial charge in [-0.25, -0.2) is 0 Å². The number of ether oxygens (including phenoxy) is 4. The van der Waals surface area contributed by atoms with Gasteiger partial charge in [-0.15, -0.1) is 0 Å². The maximum Gasteiger partial charge on any atom is 0.164 e. The van der Waals surface area contributed by atoms with Crippen molar-refractivity contribution in [2.75, 3.05) is 35.0 Å². The molecule has 158 valence electrons. The number of methoxy groups -OCH3 is 4. The van der Waals surface area contributed by atoms with E-state index in [9.17, 15) is 0 Å². The topological polar surface area (TPSA) is 40.2 Å². The number of hydrogen-bond donors (Lipinski definition) is 0. The van der Waals surface area contributed by atoms with Gasteiger partial charge in [0.2, 0.25) is 0 Å². The Balaban J connectivity index is 1.95. The second-order valence-electron chi connectivity index (χ2n) is 8.34. The molecule has 1 saturated heterocycles. The van der Waals surface area contributed by atoms with Crippen LogP contribution in [-0.4, -0.2) is 45.9 Å². The summed E-state index contributed by atoms with van der Waals surface area (Å²) >= 11 is 0. The van der Waals surface area contributed by atoms with Gasteiger partial charge >= 0.3 is 0 Å². The first-order valence-corrected chi connectivity index (χ1v) is 10.6. The molecule has 0 aliphatic carbocycles. The second kappa shape index (κ2) is 7.24. The molecule has 1 fully saturated rings. The molecule has 2 heterocycles. The van der Waals surface area contributed by atoms with Gasteiger partial charge in [0.25, 0.3) is 0 Å². The highest BCUT2D eigenvalue weighted by Gasteiger charge is 2.33. The van der Waals surface area contributed by atoms with E-state index in [0.29, 0.717) is 6.04 Å². The van der Waals surface area contributed by atoms with Crippen LogP contribution < -0.4 is 18.9 Å². The van der Waals surface area contributed by atoms with Crippen LogP contribution >= 0.6 is 0 Å². The van der Waals surface area contributed by atoms with Crippen molar-refractivity contribution in [3.05, 3.63) is 34.9 Å². The predicted molar refractivity (Wildman–Crippen MR) is 120 cm³/mol. The third kappa shape index (κ3) is 2.64. The van der Waals surface area contributed by atoms with E-state index in [0.717, 1.165) is 41.5 Å². The van der Waals surface area contributed by atoms with E-state index in [2.05, 4.69) is 30.0 Å².